The number of hydrogen-bond donors (Lipinski definition) is 0. The molecular formula is C13H13BrN2O2. The number of methoxy groups -OCH3 is 1. The lowest BCUT2D eigenvalue weighted by molar-refractivity contribution is -0.139. The Morgan fingerprint density at radius 1 is 1.44 bits per heavy atom. The molecule has 0 bridgehead atoms. The second-order valence-electron chi connectivity index (χ2n) is 3.99. The highest BCUT2D eigenvalue weighted by molar-refractivity contribution is 9.10. The summed E-state index contributed by atoms with van der Waals surface area (Å²) in [6, 6.07) is 7.84. The molecule has 0 N–H and O–H groups in total. The van der Waals surface area contributed by atoms with Gasteiger partial charge in [0.25, 0.3) is 0 Å². The van der Waals surface area contributed by atoms with Gasteiger partial charge in [0.2, 0.25) is 0 Å². The van der Waals surface area contributed by atoms with E-state index in [1.165, 1.54) is 7.11 Å². The van der Waals surface area contributed by atoms with E-state index < -0.39 is 0 Å². The third-order valence-corrected chi connectivity index (χ3v) is 2.95. The fraction of sp³-hybridized carbons (Fsp3) is 0.231. The molecule has 0 spiro atoms. The van der Waals surface area contributed by atoms with Crippen LogP contribution in [-0.2, 0) is 16.0 Å². The molecule has 4 nitrogen and oxygen atoms in total. The van der Waals surface area contributed by atoms with Crippen LogP contribution in [-0.4, -0.2) is 22.9 Å². The minimum Gasteiger partial charge on any atom is -0.469 e. The predicted octanol–water partition coefficient (Wildman–Crippen LogP) is 2.66. The molecule has 94 valence electrons. The highest BCUT2D eigenvalue weighted by Gasteiger charge is 2.07. The van der Waals surface area contributed by atoms with Crippen LogP contribution in [0.25, 0.3) is 5.69 Å². The third kappa shape index (κ3) is 2.98. The van der Waals surface area contributed by atoms with Gasteiger partial charge < -0.3 is 4.74 Å². The maximum Gasteiger partial charge on any atom is 0.311 e. The van der Waals surface area contributed by atoms with Crippen molar-refractivity contribution in [2.45, 2.75) is 13.3 Å². The molecule has 0 atom stereocenters. The lowest BCUT2D eigenvalue weighted by atomic mass is 10.2. The SMILES string of the molecule is COC(=O)Cc1ccn(-c2cc(C)cc(Br)c2)n1. The van der Waals surface area contributed by atoms with Gasteiger partial charge in [-0.05, 0) is 36.8 Å². The van der Waals surface area contributed by atoms with Gasteiger partial charge in [0.05, 0.1) is 24.9 Å². The summed E-state index contributed by atoms with van der Waals surface area (Å²) in [5.41, 5.74) is 2.79. The van der Waals surface area contributed by atoms with Crippen LogP contribution in [0.4, 0.5) is 0 Å². The fourth-order valence-electron chi connectivity index (χ4n) is 1.67. The second kappa shape index (κ2) is 5.35. The average molecular weight is 309 g/mol. The van der Waals surface area contributed by atoms with Crippen molar-refractivity contribution in [3.63, 3.8) is 0 Å². The van der Waals surface area contributed by atoms with Gasteiger partial charge in [-0.15, -0.1) is 0 Å². The standard InChI is InChI=1S/C13H13BrN2O2/c1-9-5-10(14)7-12(6-9)16-4-3-11(15-16)8-13(17)18-2/h3-7H,8H2,1-2H3. The summed E-state index contributed by atoms with van der Waals surface area (Å²) in [6.07, 6.45) is 2.02. The Kier molecular flexibility index (Phi) is 3.81. The number of esters is 1. The Morgan fingerprint density at radius 3 is 2.89 bits per heavy atom. The number of aryl methyl sites for hydroxylation is 1. The van der Waals surface area contributed by atoms with E-state index in [1.54, 1.807) is 4.68 Å². The van der Waals surface area contributed by atoms with E-state index in [0.717, 1.165) is 15.7 Å². The maximum atomic E-state index is 11.2. The summed E-state index contributed by atoms with van der Waals surface area (Å²) in [7, 11) is 1.37. The van der Waals surface area contributed by atoms with Crippen LogP contribution >= 0.6 is 15.9 Å². The first-order valence-corrected chi connectivity index (χ1v) is 6.27. The topological polar surface area (TPSA) is 44.1 Å². The number of ether oxygens (including phenoxy) is 1. The van der Waals surface area contributed by atoms with Crippen LogP contribution in [0.5, 0.6) is 0 Å². The van der Waals surface area contributed by atoms with E-state index in [4.69, 9.17) is 0 Å². The van der Waals surface area contributed by atoms with Gasteiger partial charge in [-0.1, -0.05) is 15.9 Å². The first kappa shape index (κ1) is 12.8. The summed E-state index contributed by atoms with van der Waals surface area (Å²) in [6.45, 7) is 2.02. The van der Waals surface area contributed by atoms with Crippen LogP contribution < -0.4 is 0 Å². The summed E-state index contributed by atoms with van der Waals surface area (Å²) in [5.74, 6) is -0.286. The molecule has 0 aliphatic heterocycles. The van der Waals surface area contributed by atoms with Gasteiger partial charge in [0, 0.05) is 10.7 Å². The molecule has 1 aromatic carbocycles. The molecule has 0 fully saturated rings. The summed E-state index contributed by atoms with van der Waals surface area (Å²) < 4.78 is 7.36. The Balaban J connectivity index is 2.26. The van der Waals surface area contributed by atoms with Crippen molar-refractivity contribution >= 4 is 21.9 Å². The van der Waals surface area contributed by atoms with Gasteiger partial charge >= 0.3 is 5.97 Å². The van der Waals surface area contributed by atoms with Crippen LogP contribution in [0, 0.1) is 6.92 Å². The van der Waals surface area contributed by atoms with Crippen molar-refractivity contribution in [1.29, 1.82) is 0 Å². The third-order valence-electron chi connectivity index (χ3n) is 2.49. The summed E-state index contributed by atoms with van der Waals surface area (Å²) in [5, 5.41) is 4.35. The van der Waals surface area contributed by atoms with E-state index in [9.17, 15) is 4.79 Å². The smallest absolute Gasteiger partial charge is 0.311 e. The summed E-state index contributed by atoms with van der Waals surface area (Å²) in [4.78, 5) is 11.2. The number of carbonyl (C=O) groups excluding carboxylic acids is 1. The van der Waals surface area contributed by atoms with Crippen molar-refractivity contribution in [3.8, 4) is 5.69 Å². The number of benzene rings is 1. The number of halogens is 1. The van der Waals surface area contributed by atoms with Gasteiger partial charge in [-0.2, -0.15) is 5.10 Å². The van der Waals surface area contributed by atoms with Crippen molar-refractivity contribution in [2.75, 3.05) is 7.11 Å². The molecule has 0 saturated heterocycles. The van der Waals surface area contributed by atoms with E-state index in [0.29, 0.717) is 5.69 Å². The van der Waals surface area contributed by atoms with Crippen molar-refractivity contribution < 1.29 is 9.53 Å². The van der Waals surface area contributed by atoms with Gasteiger partial charge in [0.1, 0.15) is 0 Å². The zero-order valence-corrected chi connectivity index (χ0v) is 11.8. The van der Waals surface area contributed by atoms with Crippen molar-refractivity contribution in [3.05, 3.63) is 46.2 Å². The summed E-state index contributed by atoms with van der Waals surface area (Å²) >= 11 is 3.45. The van der Waals surface area contributed by atoms with Gasteiger partial charge in [-0.3, -0.25) is 4.79 Å². The number of aromatic nitrogens is 2. The lowest BCUT2D eigenvalue weighted by Crippen LogP contribution is -2.05. The van der Waals surface area contributed by atoms with E-state index >= 15 is 0 Å². The Hall–Kier alpha value is -1.62. The van der Waals surface area contributed by atoms with Crippen molar-refractivity contribution in [1.82, 2.24) is 9.78 Å². The highest BCUT2D eigenvalue weighted by atomic mass is 79.9. The van der Waals surface area contributed by atoms with Crippen LogP contribution in [0.3, 0.4) is 0 Å². The number of hydrogen-bond acceptors (Lipinski definition) is 3. The molecule has 5 heteroatoms. The van der Waals surface area contributed by atoms with Crippen LogP contribution in [0.2, 0.25) is 0 Å². The fourth-order valence-corrected chi connectivity index (χ4v) is 2.26. The normalized spacial score (nSPS) is 10.4. The van der Waals surface area contributed by atoms with Crippen LogP contribution in [0.15, 0.2) is 34.9 Å². The second-order valence-corrected chi connectivity index (χ2v) is 4.91. The Morgan fingerprint density at radius 2 is 2.22 bits per heavy atom. The molecule has 1 heterocycles. The number of nitrogens with zero attached hydrogens (tertiary/aromatic N) is 2. The monoisotopic (exact) mass is 308 g/mol. The molecule has 2 rings (SSSR count). The Labute approximate surface area is 114 Å². The number of carbonyl (C=O) groups is 1. The van der Waals surface area contributed by atoms with E-state index in [-0.39, 0.29) is 12.4 Å². The molecule has 0 aliphatic carbocycles. The zero-order chi connectivity index (χ0) is 13.1. The molecule has 0 radical (unpaired) electrons. The minimum atomic E-state index is -0.286. The minimum absolute atomic E-state index is 0.191. The molecule has 0 unspecified atom stereocenters. The van der Waals surface area contributed by atoms with Gasteiger partial charge in [0.15, 0.2) is 0 Å². The zero-order valence-electron chi connectivity index (χ0n) is 10.2. The maximum absolute atomic E-state index is 11.2. The van der Waals surface area contributed by atoms with E-state index in [1.807, 2.05) is 37.4 Å². The Bertz CT molecular complexity index is 558. The van der Waals surface area contributed by atoms with Crippen LogP contribution in [0.1, 0.15) is 11.3 Å². The molecular weight excluding hydrogens is 296 g/mol. The highest BCUT2D eigenvalue weighted by Crippen LogP contribution is 2.18. The lowest BCUT2D eigenvalue weighted by Gasteiger charge is -2.04. The molecule has 0 aliphatic rings. The first-order chi connectivity index (χ1) is 8.58. The van der Waals surface area contributed by atoms with Crippen molar-refractivity contribution in [2.24, 2.45) is 0 Å². The quantitative estimate of drug-likeness (QED) is 0.819. The molecule has 0 saturated carbocycles. The number of rotatable bonds is 3. The predicted molar refractivity (Wildman–Crippen MR) is 71.7 cm³/mol. The molecule has 1 aromatic heterocycles. The van der Waals surface area contributed by atoms with E-state index in [2.05, 4.69) is 25.8 Å². The average Bonchev–Trinajstić information content (AvgIpc) is 2.76. The molecule has 2 aromatic rings. The van der Waals surface area contributed by atoms with Gasteiger partial charge in [-0.25, -0.2) is 4.68 Å². The molecule has 0 amide bonds. The first-order valence-electron chi connectivity index (χ1n) is 5.47. The molecule has 18 heavy (non-hydrogen) atoms. The largest absolute Gasteiger partial charge is 0.469 e.